The molecule has 1 aromatic heterocycles. The highest BCUT2D eigenvalue weighted by molar-refractivity contribution is 5.78. The Kier molecular flexibility index (Phi) is 4.38. The highest BCUT2D eigenvalue weighted by atomic mass is 16.7. The van der Waals surface area contributed by atoms with E-state index in [1.54, 1.807) is 0 Å². The van der Waals surface area contributed by atoms with Gasteiger partial charge in [-0.15, -0.1) is 0 Å². The highest BCUT2D eigenvalue weighted by Gasteiger charge is 2.52. The minimum absolute atomic E-state index is 0.0801. The Morgan fingerprint density at radius 3 is 2.96 bits per heavy atom. The van der Waals surface area contributed by atoms with E-state index in [2.05, 4.69) is 27.3 Å². The number of ether oxygens (including phenoxy) is 2. The summed E-state index contributed by atoms with van der Waals surface area (Å²) in [5.41, 5.74) is 2.10. The molecule has 3 fully saturated rings. The van der Waals surface area contributed by atoms with Gasteiger partial charge in [-0.05, 0) is 43.6 Å². The Bertz CT molecular complexity index is 778. The van der Waals surface area contributed by atoms with Crippen molar-refractivity contribution < 1.29 is 14.6 Å². The second-order valence-electron chi connectivity index (χ2n) is 7.54. The van der Waals surface area contributed by atoms with Crippen LogP contribution >= 0.6 is 0 Å². The summed E-state index contributed by atoms with van der Waals surface area (Å²) in [6.07, 6.45) is 3.38. The van der Waals surface area contributed by atoms with E-state index in [0.29, 0.717) is 13.2 Å². The monoisotopic (exact) mass is 355 g/mol. The molecule has 3 aliphatic rings. The first-order chi connectivity index (χ1) is 12.8. The largest absolute Gasteiger partial charge is 0.390 e. The van der Waals surface area contributed by atoms with Gasteiger partial charge in [0.05, 0.1) is 30.3 Å². The number of rotatable bonds is 4. The molecule has 1 aromatic carbocycles. The molecule has 2 aromatic rings. The van der Waals surface area contributed by atoms with Gasteiger partial charge in [-0.3, -0.25) is 9.88 Å². The van der Waals surface area contributed by atoms with Gasteiger partial charge in [-0.25, -0.2) is 0 Å². The Morgan fingerprint density at radius 2 is 2.08 bits per heavy atom. The lowest BCUT2D eigenvalue weighted by atomic mass is 9.95. The molecule has 5 unspecified atom stereocenters. The highest BCUT2D eigenvalue weighted by Crippen LogP contribution is 2.33. The van der Waals surface area contributed by atoms with Crippen LogP contribution in [0.5, 0.6) is 0 Å². The van der Waals surface area contributed by atoms with Crippen molar-refractivity contribution in [1.82, 2.24) is 15.2 Å². The molecule has 5 atom stereocenters. The maximum atomic E-state index is 11.0. The van der Waals surface area contributed by atoms with E-state index < -0.39 is 6.10 Å². The lowest BCUT2D eigenvalue weighted by Gasteiger charge is -2.42. The summed E-state index contributed by atoms with van der Waals surface area (Å²) in [7, 11) is 0. The second kappa shape index (κ2) is 6.87. The molecule has 6 heteroatoms. The van der Waals surface area contributed by atoms with Crippen LogP contribution in [0.1, 0.15) is 18.4 Å². The first kappa shape index (κ1) is 16.6. The zero-order chi connectivity index (χ0) is 17.5. The number of hydrogen-bond acceptors (Lipinski definition) is 6. The van der Waals surface area contributed by atoms with Crippen LogP contribution in [0.25, 0.3) is 10.9 Å². The summed E-state index contributed by atoms with van der Waals surface area (Å²) in [5, 5.41) is 15.7. The molecule has 138 valence electrons. The molecule has 2 N–H and O–H groups in total. The van der Waals surface area contributed by atoms with E-state index >= 15 is 0 Å². The number of pyridine rings is 1. The number of aromatic nitrogens is 1. The molecule has 3 aliphatic heterocycles. The molecular formula is C20H25N3O3. The van der Waals surface area contributed by atoms with E-state index in [1.165, 1.54) is 12.8 Å². The summed E-state index contributed by atoms with van der Waals surface area (Å²) in [6, 6.07) is 10.0. The maximum Gasteiger partial charge on any atom is 0.176 e. The lowest BCUT2D eigenvalue weighted by molar-refractivity contribution is -0.179. The number of benzene rings is 1. The first-order valence-electron chi connectivity index (χ1n) is 9.56. The third-order valence-corrected chi connectivity index (χ3v) is 5.88. The molecule has 0 amide bonds. The molecule has 0 spiro atoms. The number of likely N-dealkylation sites (tertiary alicyclic amines) is 1. The predicted octanol–water partition coefficient (Wildman–Crippen LogP) is 1.27. The van der Waals surface area contributed by atoms with E-state index in [-0.39, 0.29) is 24.5 Å². The van der Waals surface area contributed by atoms with Crippen LogP contribution in [-0.2, 0) is 16.0 Å². The van der Waals surface area contributed by atoms with Crippen molar-refractivity contribution in [3.8, 4) is 0 Å². The molecule has 0 aliphatic carbocycles. The average Bonchev–Trinajstić information content (AvgIpc) is 3.33. The zero-order valence-electron chi connectivity index (χ0n) is 14.8. The Balaban J connectivity index is 1.32. The van der Waals surface area contributed by atoms with Crippen LogP contribution in [-0.4, -0.2) is 65.3 Å². The van der Waals surface area contributed by atoms with Gasteiger partial charge in [0.15, 0.2) is 6.29 Å². The third-order valence-electron chi connectivity index (χ3n) is 5.88. The smallest absolute Gasteiger partial charge is 0.176 e. The minimum atomic E-state index is -0.493. The SMILES string of the molecule is OC1C(NCc2cnc3ccccc3c2)C2COC(O2)C1N1CCCC1. The number of nitrogens with zero attached hydrogens (tertiary/aromatic N) is 2. The molecule has 5 rings (SSSR count). The number of fused-ring (bicyclic) bond motifs is 3. The third kappa shape index (κ3) is 2.92. The van der Waals surface area contributed by atoms with E-state index in [4.69, 9.17) is 9.47 Å². The molecule has 4 heterocycles. The fourth-order valence-electron chi connectivity index (χ4n) is 4.53. The van der Waals surface area contributed by atoms with Crippen LogP contribution < -0.4 is 5.32 Å². The molecule has 6 nitrogen and oxygen atoms in total. The normalized spacial score (nSPS) is 34.6. The summed E-state index contributed by atoms with van der Waals surface area (Å²) >= 11 is 0. The van der Waals surface area contributed by atoms with Gasteiger partial charge in [-0.1, -0.05) is 18.2 Å². The predicted molar refractivity (Wildman–Crippen MR) is 97.6 cm³/mol. The minimum Gasteiger partial charge on any atom is -0.390 e. The summed E-state index contributed by atoms with van der Waals surface area (Å²) in [5.74, 6) is 0. The molecular weight excluding hydrogens is 330 g/mol. The summed E-state index contributed by atoms with van der Waals surface area (Å²) < 4.78 is 11.9. The van der Waals surface area contributed by atoms with Crippen molar-refractivity contribution in [2.45, 2.75) is 50.0 Å². The number of nitrogens with one attached hydrogen (secondary N) is 1. The van der Waals surface area contributed by atoms with Crippen LogP contribution in [0.15, 0.2) is 36.5 Å². The Labute approximate surface area is 153 Å². The fraction of sp³-hybridized carbons (Fsp3) is 0.550. The molecule has 26 heavy (non-hydrogen) atoms. The number of aliphatic hydroxyl groups is 1. The molecule has 0 saturated carbocycles. The first-order valence-corrected chi connectivity index (χ1v) is 9.56. The maximum absolute atomic E-state index is 11.0. The average molecular weight is 355 g/mol. The summed E-state index contributed by atoms with van der Waals surface area (Å²) in [4.78, 5) is 6.85. The standard InChI is InChI=1S/C20H25N3O3/c24-19-17(16-12-25-20(26-16)18(19)23-7-3-4-8-23)22-11-13-9-14-5-1-2-6-15(14)21-10-13/h1-2,5-6,9-10,16-20,22,24H,3-4,7-8,11-12H2. The van der Waals surface area contributed by atoms with E-state index in [1.807, 2.05) is 24.4 Å². The van der Waals surface area contributed by atoms with Crippen molar-refractivity contribution in [2.24, 2.45) is 0 Å². The number of aliphatic hydroxyl groups excluding tert-OH is 1. The van der Waals surface area contributed by atoms with Gasteiger partial charge in [0.1, 0.15) is 6.10 Å². The van der Waals surface area contributed by atoms with Crippen molar-refractivity contribution in [3.05, 3.63) is 42.1 Å². The topological polar surface area (TPSA) is 66.8 Å². The zero-order valence-corrected chi connectivity index (χ0v) is 14.8. The van der Waals surface area contributed by atoms with E-state index in [9.17, 15) is 5.11 Å². The van der Waals surface area contributed by atoms with Crippen LogP contribution in [0, 0.1) is 0 Å². The van der Waals surface area contributed by atoms with Crippen LogP contribution in [0.4, 0.5) is 0 Å². The van der Waals surface area contributed by atoms with Gasteiger partial charge >= 0.3 is 0 Å². The van der Waals surface area contributed by atoms with Gasteiger partial charge in [0, 0.05) is 18.1 Å². The van der Waals surface area contributed by atoms with Crippen molar-refractivity contribution in [2.75, 3.05) is 19.7 Å². The Hall–Kier alpha value is -1.57. The molecule has 0 radical (unpaired) electrons. The summed E-state index contributed by atoms with van der Waals surface area (Å²) in [6.45, 7) is 3.21. The Morgan fingerprint density at radius 1 is 1.23 bits per heavy atom. The molecule has 3 saturated heterocycles. The second-order valence-corrected chi connectivity index (χ2v) is 7.54. The molecule has 2 bridgehead atoms. The van der Waals surface area contributed by atoms with Gasteiger partial charge in [-0.2, -0.15) is 0 Å². The van der Waals surface area contributed by atoms with Crippen molar-refractivity contribution in [1.29, 1.82) is 0 Å². The quantitative estimate of drug-likeness (QED) is 0.861. The van der Waals surface area contributed by atoms with Crippen LogP contribution in [0.3, 0.4) is 0 Å². The lowest BCUT2D eigenvalue weighted by Crippen LogP contribution is -2.63. The number of hydrogen-bond donors (Lipinski definition) is 2. The van der Waals surface area contributed by atoms with Gasteiger partial charge < -0.3 is 19.9 Å². The van der Waals surface area contributed by atoms with Gasteiger partial charge in [0.2, 0.25) is 0 Å². The van der Waals surface area contributed by atoms with E-state index in [0.717, 1.165) is 29.6 Å². The number of para-hydroxylation sites is 1. The fourth-order valence-corrected chi connectivity index (χ4v) is 4.53. The van der Waals surface area contributed by atoms with Gasteiger partial charge in [0.25, 0.3) is 0 Å². The van der Waals surface area contributed by atoms with Crippen molar-refractivity contribution in [3.63, 3.8) is 0 Å². The van der Waals surface area contributed by atoms with Crippen LogP contribution in [0.2, 0.25) is 0 Å². The van der Waals surface area contributed by atoms with Crippen molar-refractivity contribution >= 4 is 10.9 Å².